The summed E-state index contributed by atoms with van der Waals surface area (Å²) >= 11 is 1.86. The van der Waals surface area contributed by atoms with E-state index in [4.69, 9.17) is 0 Å². The summed E-state index contributed by atoms with van der Waals surface area (Å²) in [5.74, 6) is 0.691. The molecule has 0 N–H and O–H groups in total. The van der Waals surface area contributed by atoms with E-state index in [2.05, 4.69) is 43.5 Å². The van der Waals surface area contributed by atoms with Crippen molar-refractivity contribution in [1.82, 2.24) is 0 Å². The summed E-state index contributed by atoms with van der Waals surface area (Å²) in [6, 6.07) is 8.67. The second-order valence-electron chi connectivity index (χ2n) is 3.50. The molecule has 0 nitrogen and oxygen atoms in total. The van der Waals surface area contributed by atoms with E-state index in [0.717, 1.165) is 0 Å². The van der Waals surface area contributed by atoms with Crippen molar-refractivity contribution in [2.24, 2.45) is 0 Å². The van der Waals surface area contributed by atoms with E-state index >= 15 is 0 Å². The summed E-state index contributed by atoms with van der Waals surface area (Å²) in [5.41, 5.74) is 1.52. The first-order valence-corrected chi connectivity index (χ1v) is 5.67. The van der Waals surface area contributed by atoms with Crippen molar-refractivity contribution in [3.8, 4) is 0 Å². The molecule has 1 heteroatoms. The van der Waals surface area contributed by atoms with Gasteiger partial charge in [-0.2, -0.15) is 0 Å². The topological polar surface area (TPSA) is 0 Å². The van der Waals surface area contributed by atoms with E-state index in [1.807, 2.05) is 11.3 Å². The van der Waals surface area contributed by atoms with Gasteiger partial charge >= 0.3 is 0 Å². The van der Waals surface area contributed by atoms with Crippen LogP contribution in [-0.4, -0.2) is 0 Å². The summed E-state index contributed by atoms with van der Waals surface area (Å²) < 4.78 is 1.41. The molecule has 0 saturated heterocycles. The molecule has 1 heterocycles. The zero-order valence-corrected chi connectivity index (χ0v) is 8.90. The van der Waals surface area contributed by atoms with Gasteiger partial charge in [-0.15, -0.1) is 11.3 Å². The first kappa shape index (κ1) is 8.76. The van der Waals surface area contributed by atoms with Gasteiger partial charge in [-0.3, -0.25) is 0 Å². The largest absolute Gasteiger partial charge is 0.144 e. The molecular weight excluding hydrogens is 176 g/mol. The highest BCUT2D eigenvalue weighted by Crippen LogP contribution is 2.32. The summed E-state index contributed by atoms with van der Waals surface area (Å²) in [4.78, 5) is 0. The van der Waals surface area contributed by atoms with Crippen LogP contribution in [0, 0.1) is 0 Å². The van der Waals surface area contributed by atoms with Gasteiger partial charge in [0, 0.05) is 4.70 Å². The van der Waals surface area contributed by atoms with Crippen molar-refractivity contribution in [3.05, 3.63) is 35.2 Å². The van der Waals surface area contributed by atoms with Gasteiger partial charge < -0.3 is 0 Å². The number of rotatable bonds is 2. The average Bonchev–Trinajstić information content (AvgIpc) is 2.60. The zero-order chi connectivity index (χ0) is 9.26. The predicted octanol–water partition coefficient (Wildman–Crippen LogP) is 4.41. The second-order valence-corrected chi connectivity index (χ2v) is 4.41. The minimum atomic E-state index is 0.691. The van der Waals surface area contributed by atoms with E-state index in [1.165, 1.54) is 22.1 Å². The Hall–Kier alpha value is -0.820. The Bertz CT molecular complexity index is 400. The van der Waals surface area contributed by atoms with Crippen molar-refractivity contribution < 1.29 is 0 Å². The average molecular weight is 190 g/mol. The van der Waals surface area contributed by atoms with Gasteiger partial charge in [0.15, 0.2) is 0 Å². The molecule has 0 amide bonds. The minimum Gasteiger partial charge on any atom is -0.144 e. The highest BCUT2D eigenvalue weighted by Gasteiger charge is 2.08. The predicted molar refractivity (Wildman–Crippen MR) is 60.5 cm³/mol. The van der Waals surface area contributed by atoms with E-state index < -0.39 is 0 Å². The highest BCUT2D eigenvalue weighted by molar-refractivity contribution is 7.17. The van der Waals surface area contributed by atoms with Crippen LogP contribution in [0.2, 0.25) is 0 Å². The Balaban J connectivity index is 2.57. The quantitative estimate of drug-likeness (QED) is 0.657. The first-order valence-electron chi connectivity index (χ1n) is 4.79. The molecule has 2 aromatic rings. The molecule has 0 spiro atoms. The molecule has 0 saturated carbocycles. The Labute approximate surface area is 83.2 Å². The zero-order valence-electron chi connectivity index (χ0n) is 8.08. The lowest BCUT2D eigenvalue weighted by atomic mass is 9.98. The van der Waals surface area contributed by atoms with Crippen LogP contribution in [0.25, 0.3) is 10.1 Å². The van der Waals surface area contributed by atoms with Crippen LogP contribution in [0.1, 0.15) is 31.7 Å². The number of hydrogen-bond acceptors (Lipinski definition) is 1. The lowest BCUT2D eigenvalue weighted by molar-refractivity contribution is 0.742. The van der Waals surface area contributed by atoms with Gasteiger partial charge in [0.25, 0.3) is 0 Å². The van der Waals surface area contributed by atoms with Gasteiger partial charge in [-0.25, -0.2) is 0 Å². The molecule has 0 bridgehead atoms. The SMILES string of the molecule is CCC(C)c1csc2ccccc12. The normalized spacial score (nSPS) is 13.4. The van der Waals surface area contributed by atoms with E-state index in [1.54, 1.807) is 0 Å². The Morgan fingerprint density at radius 3 is 2.85 bits per heavy atom. The van der Waals surface area contributed by atoms with Crippen molar-refractivity contribution in [2.45, 2.75) is 26.2 Å². The molecule has 0 aliphatic heterocycles. The standard InChI is InChI=1S/C12H14S/c1-3-9(2)11-8-13-12-7-5-4-6-10(11)12/h4-9H,3H2,1-2H3. The molecule has 2 rings (SSSR count). The summed E-state index contributed by atoms with van der Waals surface area (Å²) in [6.45, 7) is 4.55. The third-order valence-corrected chi connectivity index (χ3v) is 3.64. The Morgan fingerprint density at radius 1 is 1.31 bits per heavy atom. The van der Waals surface area contributed by atoms with E-state index in [0.29, 0.717) is 5.92 Å². The van der Waals surface area contributed by atoms with Crippen LogP contribution in [0.4, 0.5) is 0 Å². The molecule has 0 aliphatic rings. The second kappa shape index (κ2) is 3.51. The van der Waals surface area contributed by atoms with Gasteiger partial charge in [-0.1, -0.05) is 32.0 Å². The molecule has 1 aromatic carbocycles. The Morgan fingerprint density at radius 2 is 2.08 bits per heavy atom. The van der Waals surface area contributed by atoms with E-state index in [9.17, 15) is 0 Å². The molecular formula is C12H14S. The lowest BCUT2D eigenvalue weighted by Crippen LogP contribution is -1.87. The molecule has 13 heavy (non-hydrogen) atoms. The van der Waals surface area contributed by atoms with Gasteiger partial charge in [0.05, 0.1) is 0 Å². The van der Waals surface area contributed by atoms with Crippen molar-refractivity contribution in [2.75, 3.05) is 0 Å². The highest BCUT2D eigenvalue weighted by atomic mass is 32.1. The third kappa shape index (κ3) is 1.49. The fourth-order valence-electron chi connectivity index (χ4n) is 1.60. The maximum Gasteiger partial charge on any atom is 0.0345 e. The Kier molecular flexibility index (Phi) is 2.36. The minimum absolute atomic E-state index is 0.691. The van der Waals surface area contributed by atoms with Crippen molar-refractivity contribution in [1.29, 1.82) is 0 Å². The lowest BCUT2D eigenvalue weighted by Gasteiger charge is -2.06. The molecule has 0 radical (unpaired) electrons. The summed E-state index contributed by atoms with van der Waals surface area (Å²) in [7, 11) is 0. The first-order chi connectivity index (χ1) is 6.33. The van der Waals surface area contributed by atoms with Crippen LogP contribution in [-0.2, 0) is 0 Å². The van der Waals surface area contributed by atoms with Crippen LogP contribution >= 0.6 is 11.3 Å². The van der Waals surface area contributed by atoms with Crippen molar-refractivity contribution in [3.63, 3.8) is 0 Å². The monoisotopic (exact) mass is 190 g/mol. The van der Waals surface area contributed by atoms with Crippen LogP contribution in [0.3, 0.4) is 0 Å². The van der Waals surface area contributed by atoms with Crippen LogP contribution in [0.15, 0.2) is 29.6 Å². The third-order valence-electron chi connectivity index (χ3n) is 2.65. The fourth-order valence-corrected chi connectivity index (χ4v) is 2.68. The molecule has 1 aromatic heterocycles. The maximum atomic E-state index is 2.30. The molecule has 1 atom stereocenters. The summed E-state index contributed by atoms with van der Waals surface area (Å²) in [6.07, 6.45) is 1.22. The fraction of sp³-hybridized carbons (Fsp3) is 0.333. The van der Waals surface area contributed by atoms with Crippen LogP contribution < -0.4 is 0 Å². The van der Waals surface area contributed by atoms with Crippen molar-refractivity contribution >= 4 is 21.4 Å². The number of benzene rings is 1. The number of hydrogen-bond donors (Lipinski definition) is 0. The smallest absolute Gasteiger partial charge is 0.0345 e. The van der Waals surface area contributed by atoms with Gasteiger partial charge in [0.1, 0.15) is 0 Å². The van der Waals surface area contributed by atoms with E-state index in [-0.39, 0.29) is 0 Å². The number of thiophene rings is 1. The van der Waals surface area contributed by atoms with Gasteiger partial charge in [0.2, 0.25) is 0 Å². The maximum absolute atomic E-state index is 2.30. The van der Waals surface area contributed by atoms with Gasteiger partial charge in [-0.05, 0) is 34.7 Å². The van der Waals surface area contributed by atoms with Crippen LogP contribution in [0.5, 0.6) is 0 Å². The number of fused-ring (bicyclic) bond motifs is 1. The molecule has 68 valence electrons. The molecule has 0 fully saturated rings. The molecule has 1 unspecified atom stereocenters. The molecule has 0 aliphatic carbocycles. The summed E-state index contributed by atoms with van der Waals surface area (Å²) in [5, 5.41) is 3.75.